The van der Waals surface area contributed by atoms with Crippen LogP contribution in [0.15, 0.2) is 29.6 Å². The minimum Gasteiger partial charge on any atom is -0.375 e. The number of hydrogen-bond donors (Lipinski definition) is 2. The van der Waals surface area contributed by atoms with Crippen LogP contribution < -0.4 is 11.2 Å². The molecule has 1 heterocycles. The van der Waals surface area contributed by atoms with Crippen molar-refractivity contribution in [2.75, 3.05) is 0 Å². The van der Waals surface area contributed by atoms with E-state index in [1.807, 2.05) is 12.1 Å². The molecule has 0 bridgehead atoms. The molecule has 3 N–H and O–H groups in total. The van der Waals surface area contributed by atoms with Gasteiger partial charge in [-0.3, -0.25) is 10.4 Å². The summed E-state index contributed by atoms with van der Waals surface area (Å²) in [6, 6.07) is 3.89. The van der Waals surface area contributed by atoms with Crippen molar-refractivity contribution in [1.29, 1.82) is 0 Å². The average Bonchev–Trinajstić information content (AvgIpc) is 2.38. The minimum atomic E-state index is 0.190. The minimum absolute atomic E-state index is 0.190. The molecule has 0 aliphatic heterocycles. The Hall–Kier alpha value is -1.49. The zero-order valence-electron chi connectivity index (χ0n) is 10.7. The van der Waals surface area contributed by atoms with E-state index in [-0.39, 0.29) is 5.11 Å². The van der Waals surface area contributed by atoms with E-state index in [1.165, 1.54) is 19.3 Å². The van der Waals surface area contributed by atoms with Gasteiger partial charge in [-0.1, -0.05) is 26.2 Å². The van der Waals surface area contributed by atoms with Gasteiger partial charge in [-0.05, 0) is 37.2 Å². The summed E-state index contributed by atoms with van der Waals surface area (Å²) in [7, 11) is 0. The van der Waals surface area contributed by atoms with Gasteiger partial charge in [-0.25, -0.2) is 0 Å². The molecule has 18 heavy (non-hydrogen) atoms. The summed E-state index contributed by atoms with van der Waals surface area (Å²) in [5.74, 6) is 0. The van der Waals surface area contributed by atoms with Crippen LogP contribution in [0.5, 0.6) is 0 Å². The fourth-order valence-electron chi connectivity index (χ4n) is 1.65. The lowest BCUT2D eigenvalue weighted by Crippen LogP contribution is -2.25. The Bertz CT molecular complexity index is 389. The number of unbranched alkanes of at least 4 members (excludes halogenated alkanes) is 3. The van der Waals surface area contributed by atoms with Gasteiger partial charge in [0, 0.05) is 18.0 Å². The van der Waals surface area contributed by atoms with E-state index in [2.05, 4.69) is 22.4 Å². The molecule has 0 aromatic carbocycles. The van der Waals surface area contributed by atoms with Gasteiger partial charge in [0.25, 0.3) is 0 Å². The number of hydrazone groups is 1. The highest BCUT2D eigenvalue weighted by Crippen LogP contribution is 2.09. The molecule has 1 aromatic rings. The Morgan fingerprint density at radius 3 is 2.67 bits per heavy atom. The second-order valence-corrected chi connectivity index (χ2v) is 4.52. The van der Waals surface area contributed by atoms with Crippen LogP contribution in [-0.2, 0) is 0 Å². The first-order valence-corrected chi connectivity index (χ1v) is 6.67. The van der Waals surface area contributed by atoms with E-state index < -0.39 is 0 Å². The fraction of sp³-hybridized carbons (Fsp3) is 0.462. The smallest absolute Gasteiger partial charge is 0.184 e. The van der Waals surface area contributed by atoms with Crippen LogP contribution in [-0.4, -0.2) is 15.8 Å². The third-order valence-corrected chi connectivity index (χ3v) is 2.67. The maximum Gasteiger partial charge on any atom is 0.184 e. The molecule has 0 spiro atoms. The van der Waals surface area contributed by atoms with E-state index in [0.717, 1.165) is 24.1 Å². The van der Waals surface area contributed by atoms with Crippen molar-refractivity contribution in [1.82, 2.24) is 10.4 Å². The lowest BCUT2D eigenvalue weighted by atomic mass is 10.0. The lowest BCUT2D eigenvalue weighted by Gasteiger charge is -2.07. The summed E-state index contributed by atoms with van der Waals surface area (Å²) in [5, 5.41) is 4.45. The van der Waals surface area contributed by atoms with Crippen molar-refractivity contribution in [2.24, 2.45) is 10.8 Å². The highest BCUT2D eigenvalue weighted by Gasteiger charge is 2.03. The van der Waals surface area contributed by atoms with Crippen LogP contribution in [0.4, 0.5) is 0 Å². The molecule has 0 fully saturated rings. The average molecular weight is 264 g/mol. The molecule has 4 nitrogen and oxygen atoms in total. The second-order valence-electron chi connectivity index (χ2n) is 4.08. The molecule has 1 rings (SSSR count). The van der Waals surface area contributed by atoms with Crippen LogP contribution in [0.25, 0.3) is 0 Å². The number of rotatable bonds is 7. The van der Waals surface area contributed by atoms with Crippen molar-refractivity contribution in [3.05, 3.63) is 30.1 Å². The zero-order valence-corrected chi connectivity index (χ0v) is 11.5. The molecule has 1 aromatic heterocycles. The van der Waals surface area contributed by atoms with E-state index in [1.54, 1.807) is 12.4 Å². The third kappa shape index (κ3) is 5.72. The van der Waals surface area contributed by atoms with Crippen molar-refractivity contribution in [2.45, 2.75) is 39.0 Å². The van der Waals surface area contributed by atoms with Crippen molar-refractivity contribution in [3.8, 4) is 0 Å². The van der Waals surface area contributed by atoms with Crippen LogP contribution in [0.3, 0.4) is 0 Å². The summed E-state index contributed by atoms with van der Waals surface area (Å²) < 4.78 is 0. The number of thiocarbonyl (C=S) groups is 1. The normalized spacial score (nSPS) is 11.3. The Balaban J connectivity index is 2.64. The zero-order chi connectivity index (χ0) is 13.2. The Kier molecular flexibility index (Phi) is 6.94. The Morgan fingerprint density at radius 2 is 2.06 bits per heavy atom. The Morgan fingerprint density at radius 1 is 1.33 bits per heavy atom. The number of nitrogens with two attached hydrogens (primary N) is 1. The molecule has 5 heteroatoms. The van der Waals surface area contributed by atoms with Gasteiger partial charge in [-0.2, -0.15) is 5.10 Å². The van der Waals surface area contributed by atoms with Crippen LogP contribution >= 0.6 is 12.2 Å². The van der Waals surface area contributed by atoms with Crippen molar-refractivity contribution in [3.63, 3.8) is 0 Å². The topological polar surface area (TPSA) is 63.3 Å². The monoisotopic (exact) mass is 264 g/mol. The van der Waals surface area contributed by atoms with Gasteiger partial charge in [0.05, 0.1) is 5.71 Å². The quantitative estimate of drug-likeness (QED) is 0.344. The maximum atomic E-state index is 5.40. The molecule has 0 saturated heterocycles. The molecule has 0 atom stereocenters. The first-order valence-electron chi connectivity index (χ1n) is 6.26. The second kappa shape index (κ2) is 8.58. The van der Waals surface area contributed by atoms with Crippen LogP contribution in [0, 0.1) is 0 Å². The van der Waals surface area contributed by atoms with Gasteiger partial charge in [0.15, 0.2) is 5.11 Å². The van der Waals surface area contributed by atoms with Crippen LogP contribution in [0.1, 0.15) is 44.6 Å². The maximum absolute atomic E-state index is 5.40. The lowest BCUT2D eigenvalue weighted by molar-refractivity contribution is 0.682. The molecule has 0 saturated carbocycles. The number of pyridine rings is 1. The van der Waals surface area contributed by atoms with Gasteiger partial charge >= 0.3 is 0 Å². The fourth-order valence-corrected chi connectivity index (χ4v) is 1.70. The highest BCUT2D eigenvalue weighted by molar-refractivity contribution is 7.80. The van der Waals surface area contributed by atoms with Gasteiger partial charge in [0.1, 0.15) is 0 Å². The summed E-state index contributed by atoms with van der Waals surface area (Å²) in [4.78, 5) is 4.01. The summed E-state index contributed by atoms with van der Waals surface area (Å²) in [6.45, 7) is 2.20. The van der Waals surface area contributed by atoms with Gasteiger partial charge < -0.3 is 5.73 Å². The summed E-state index contributed by atoms with van der Waals surface area (Å²) >= 11 is 4.77. The standard InChI is InChI=1S/C13H20N4S/c1-2-3-4-5-6-12(16-17-13(14)18)11-7-9-15-10-8-11/h7-10H,2-6H2,1H3,(H3,14,17,18). The number of aromatic nitrogens is 1. The molecular formula is C13H20N4S. The molecule has 0 unspecified atom stereocenters. The number of nitrogens with zero attached hydrogens (tertiary/aromatic N) is 2. The van der Waals surface area contributed by atoms with E-state index in [4.69, 9.17) is 18.0 Å². The van der Waals surface area contributed by atoms with E-state index >= 15 is 0 Å². The van der Waals surface area contributed by atoms with E-state index in [0.29, 0.717) is 0 Å². The Labute approximate surface area is 114 Å². The first kappa shape index (κ1) is 14.6. The predicted molar refractivity (Wildman–Crippen MR) is 79.5 cm³/mol. The molecule has 98 valence electrons. The number of hydrogen-bond acceptors (Lipinski definition) is 3. The molecule has 0 radical (unpaired) electrons. The third-order valence-electron chi connectivity index (χ3n) is 2.58. The van der Waals surface area contributed by atoms with Gasteiger partial charge in [-0.15, -0.1) is 0 Å². The van der Waals surface area contributed by atoms with Crippen molar-refractivity contribution >= 4 is 23.0 Å². The first-order chi connectivity index (χ1) is 8.74. The SMILES string of the molecule is CCCCCCC(=NNC(N)=S)c1ccncc1. The van der Waals surface area contributed by atoms with Crippen molar-refractivity contribution < 1.29 is 0 Å². The van der Waals surface area contributed by atoms with E-state index in [9.17, 15) is 0 Å². The largest absolute Gasteiger partial charge is 0.375 e. The highest BCUT2D eigenvalue weighted by atomic mass is 32.1. The molecule has 0 aliphatic rings. The summed E-state index contributed by atoms with van der Waals surface area (Å²) in [6.07, 6.45) is 9.26. The molecule has 0 aliphatic carbocycles. The number of nitrogens with one attached hydrogen (secondary N) is 1. The predicted octanol–water partition coefficient (Wildman–Crippen LogP) is 2.59. The molecular weight excluding hydrogens is 244 g/mol. The van der Waals surface area contributed by atoms with Crippen LogP contribution in [0.2, 0.25) is 0 Å². The summed E-state index contributed by atoms with van der Waals surface area (Å²) in [5.41, 5.74) is 10.1. The molecule has 0 amide bonds. The van der Waals surface area contributed by atoms with Gasteiger partial charge in [0.2, 0.25) is 0 Å².